The lowest BCUT2D eigenvalue weighted by atomic mass is 10.0. The van der Waals surface area contributed by atoms with Gasteiger partial charge in [0.1, 0.15) is 11.4 Å². The summed E-state index contributed by atoms with van der Waals surface area (Å²) in [6.07, 6.45) is 1.86. The predicted molar refractivity (Wildman–Crippen MR) is 94.4 cm³/mol. The van der Waals surface area contributed by atoms with Crippen LogP contribution in [0.5, 0.6) is 5.75 Å². The molecule has 0 unspecified atom stereocenters. The number of carbonyl (C=O) groups excluding carboxylic acids is 2. The first-order valence-corrected chi connectivity index (χ1v) is 8.33. The predicted octanol–water partition coefficient (Wildman–Crippen LogP) is 2.08. The quantitative estimate of drug-likeness (QED) is 0.859. The molecule has 2 aromatic rings. The number of hydrogen-bond donors (Lipinski definition) is 0. The molecular formula is C19H23N3O3. The zero-order chi connectivity index (χ0) is 18.0. The molecule has 1 saturated heterocycles. The van der Waals surface area contributed by atoms with E-state index >= 15 is 0 Å². The summed E-state index contributed by atoms with van der Waals surface area (Å²) in [5.74, 6) is 0.708. The van der Waals surface area contributed by atoms with E-state index < -0.39 is 0 Å². The second-order valence-electron chi connectivity index (χ2n) is 6.23. The minimum atomic E-state index is -0.240. The van der Waals surface area contributed by atoms with Crippen molar-refractivity contribution in [1.29, 1.82) is 0 Å². The van der Waals surface area contributed by atoms with Crippen LogP contribution in [0.4, 0.5) is 0 Å². The lowest BCUT2D eigenvalue weighted by Crippen LogP contribution is -2.52. The third kappa shape index (κ3) is 3.24. The summed E-state index contributed by atoms with van der Waals surface area (Å²) in [5, 5.41) is 0. The molecule has 0 saturated carbocycles. The molecule has 132 valence electrons. The SMILES string of the molecule is COc1ccccc1[C@H]1CN(C(C)=O)CCN1C(=O)c1cccn1C. The molecule has 6 nitrogen and oxygen atoms in total. The second-order valence-corrected chi connectivity index (χ2v) is 6.23. The van der Waals surface area contributed by atoms with Crippen molar-refractivity contribution in [3.63, 3.8) is 0 Å². The summed E-state index contributed by atoms with van der Waals surface area (Å²) < 4.78 is 7.31. The Bertz CT molecular complexity index is 784. The minimum absolute atomic E-state index is 0.0193. The first kappa shape index (κ1) is 17.1. The van der Waals surface area contributed by atoms with E-state index in [0.29, 0.717) is 25.3 Å². The van der Waals surface area contributed by atoms with Crippen molar-refractivity contribution in [2.45, 2.75) is 13.0 Å². The van der Waals surface area contributed by atoms with Gasteiger partial charge in [-0.1, -0.05) is 18.2 Å². The Morgan fingerprint density at radius 1 is 1.12 bits per heavy atom. The highest BCUT2D eigenvalue weighted by atomic mass is 16.5. The lowest BCUT2D eigenvalue weighted by molar-refractivity contribution is -0.131. The van der Waals surface area contributed by atoms with Crippen LogP contribution in [-0.4, -0.2) is 52.9 Å². The van der Waals surface area contributed by atoms with Gasteiger partial charge in [0.15, 0.2) is 0 Å². The highest BCUT2D eigenvalue weighted by Crippen LogP contribution is 2.33. The Morgan fingerprint density at radius 2 is 1.88 bits per heavy atom. The number of ether oxygens (including phenoxy) is 1. The van der Waals surface area contributed by atoms with Gasteiger partial charge >= 0.3 is 0 Å². The van der Waals surface area contributed by atoms with Crippen LogP contribution in [0.3, 0.4) is 0 Å². The van der Waals surface area contributed by atoms with Crippen LogP contribution < -0.4 is 4.74 Å². The highest BCUT2D eigenvalue weighted by Gasteiger charge is 2.35. The average Bonchev–Trinajstić information content (AvgIpc) is 3.06. The molecule has 1 aromatic carbocycles. The Morgan fingerprint density at radius 3 is 2.52 bits per heavy atom. The molecule has 25 heavy (non-hydrogen) atoms. The van der Waals surface area contributed by atoms with Crippen LogP contribution in [0.25, 0.3) is 0 Å². The topological polar surface area (TPSA) is 54.8 Å². The number of amides is 2. The molecule has 1 atom stereocenters. The van der Waals surface area contributed by atoms with E-state index in [0.717, 1.165) is 11.3 Å². The van der Waals surface area contributed by atoms with E-state index in [2.05, 4.69) is 0 Å². The maximum atomic E-state index is 13.1. The Balaban J connectivity index is 1.99. The van der Waals surface area contributed by atoms with Crippen LogP contribution in [0.1, 0.15) is 29.0 Å². The summed E-state index contributed by atoms with van der Waals surface area (Å²) in [7, 11) is 3.48. The first-order valence-electron chi connectivity index (χ1n) is 8.33. The van der Waals surface area contributed by atoms with Crippen molar-refractivity contribution < 1.29 is 14.3 Å². The second kappa shape index (κ2) is 7.01. The zero-order valence-corrected chi connectivity index (χ0v) is 14.8. The summed E-state index contributed by atoms with van der Waals surface area (Å²) >= 11 is 0. The molecule has 1 aliphatic rings. The molecule has 0 bridgehead atoms. The van der Waals surface area contributed by atoms with Gasteiger partial charge in [-0.2, -0.15) is 0 Å². The molecule has 2 amide bonds. The van der Waals surface area contributed by atoms with Crippen molar-refractivity contribution in [2.24, 2.45) is 7.05 Å². The van der Waals surface area contributed by atoms with Crippen LogP contribution in [-0.2, 0) is 11.8 Å². The van der Waals surface area contributed by atoms with E-state index in [9.17, 15) is 9.59 Å². The lowest BCUT2D eigenvalue weighted by Gasteiger charge is -2.41. The van der Waals surface area contributed by atoms with Gasteiger partial charge in [-0.15, -0.1) is 0 Å². The summed E-state index contributed by atoms with van der Waals surface area (Å²) in [6, 6.07) is 11.1. The van der Waals surface area contributed by atoms with E-state index in [1.807, 2.05) is 59.1 Å². The Labute approximate surface area is 147 Å². The number of piperazine rings is 1. The summed E-state index contributed by atoms with van der Waals surface area (Å²) in [5.41, 5.74) is 1.55. The first-order chi connectivity index (χ1) is 12.0. The molecule has 0 aliphatic carbocycles. The molecule has 2 heterocycles. The van der Waals surface area contributed by atoms with Crippen molar-refractivity contribution in [2.75, 3.05) is 26.7 Å². The smallest absolute Gasteiger partial charge is 0.271 e. The fourth-order valence-electron chi connectivity index (χ4n) is 3.35. The van der Waals surface area contributed by atoms with Crippen LogP contribution in [0.2, 0.25) is 0 Å². The fourth-order valence-corrected chi connectivity index (χ4v) is 3.35. The number of para-hydroxylation sites is 1. The largest absolute Gasteiger partial charge is 0.496 e. The van der Waals surface area contributed by atoms with Crippen molar-refractivity contribution >= 4 is 11.8 Å². The molecular weight excluding hydrogens is 318 g/mol. The third-order valence-corrected chi connectivity index (χ3v) is 4.75. The van der Waals surface area contributed by atoms with Gasteiger partial charge < -0.3 is 19.1 Å². The molecule has 1 fully saturated rings. The number of nitrogens with zero attached hydrogens (tertiary/aromatic N) is 3. The zero-order valence-electron chi connectivity index (χ0n) is 14.8. The molecule has 1 aromatic heterocycles. The van der Waals surface area contributed by atoms with Crippen LogP contribution in [0.15, 0.2) is 42.6 Å². The molecule has 0 radical (unpaired) electrons. The average molecular weight is 341 g/mol. The minimum Gasteiger partial charge on any atom is -0.496 e. The molecule has 6 heteroatoms. The van der Waals surface area contributed by atoms with Gasteiger partial charge in [0.2, 0.25) is 5.91 Å². The van der Waals surface area contributed by atoms with Crippen LogP contribution in [0, 0.1) is 0 Å². The number of benzene rings is 1. The molecule has 1 aliphatic heterocycles. The van der Waals surface area contributed by atoms with Crippen molar-refractivity contribution in [3.05, 3.63) is 53.9 Å². The maximum absolute atomic E-state index is 13.1. The third-order valence-electron chi connectivity index (χ3n) is 4.75. The van der Waals surface area contributed by atoms with E-state index in [4.69, 9.17) is 4.74 Å². The van der Waals surface area contributed by atoms with Crippen molar-refractivity contribution in [3.8, 4) is 5.75 Å². The van der Waals surface area contributed by atoms with E-state index in [1.165, 1.54) is 0 Å². The van der Waals surface area contributed by atoms with E-state index in [1.54, 1.807) is 18.9 Å². The number of carbonyl (C=O) groups is 2. The number of hydrogen-bond acceptors (Lipinski definition) is 3. The summed E-state index contributed by atoms with van der Waals surface area (Å²) in [6.45, 7) is 3.06. The van der Waals surface area contributed by atoms with Gasteiger partial charge in [-0.05, 0) is 18.2 Å². The summed E-state index contributed by atoms with van der Waals surface area (Å²) in [4.78, 5) is 28.6. The number of methoxy groups -OCH3 is 1. The van der Waals surface area contributed by atoms with Gasteiger partial charge in [0, 0.05) is 45.4 Å². The standard InChI is InChI=1S/C19H23N3O3/c1-14(23)21-11-12-22(19(24)16-8-6-10-20(16)2)17(13-21)15-7-4-5-9-18(15)25-3/h4-10,17H,11-13H2,1-3H3/t17-/m1/s1. The number of aryl methyl sites for hydroxylation is 1. The normalized spacial score (nSPS) is 17.5. The Hall–Kier alpha value is -2.76. The maximum Gasteiger partial charge on any atom is 0.271 e. The van der Waals surface area contributed by atoms with Gasteiger partial charge in [-0.3, -0.25) is 9.59 Å². The van der Waals surface area contributed by atoms with E-state index in [-0.39, 0.29) is 17.9 Å². The van der Waals surface area contributed by atoms with Crippen LogP contribution >= 0.6 is 0 Å². The molecule has 0 spiro atoms. The van der Waals surface area contributed by atoms with Gasteiger partial charge in [-0.25, -0.2) is 0 Å². The van der Waals surface area contributed by atoms with Gasteiger partial charge in [0.05, 0.1) is 13.2 Å². The highest BCUT2D eigenvalue weighted by molar-refractivity contribution is 5.93. The number of aromatic nitrogens is 1. The number of rotatable bonds is 3. The Kier molecular flexibility index (Phi) is 4.79. The van der Waals surface area contributed by atoms with Crippen molar-refractivity contribution in [1.82, 2.24) is 14.4 Å². The van der Waals surface area contributed by atoms with Gasteiger partial charge in [0.25, 0.3) is 5.91 Å². The monoisotopic (exact) mass is 341 g/mol. The fraction of sp³-hybridized carbons (Fsp3) is 0.368. The molecule has 3 rings (SSSR count). The molecule has 0 N–H and O–H groups in total.